The number of nitrogens with one attached hydrogen (secondary N) is 1. The highest BCUT2D eigenvalue weighted by atomic mass is 16.5. The van der Waals surface area contributed by atoms with E-state index in [0.29, 0.717) is 31.9 Å². The number of benzene rings is 2. The van der Waals surface area contributed by atoms with Gasteiger partial charge in [-0.3, -0.25) is 4.79 Å². The van der Waals surface area contributed by atoms with Crippen LogP contribution >= 0.6 is 0 Å². The fraction of sp³-hybridized carbons (Fsp3) is 0.278. The number of amides is 1. The summed E-state index contributed by atoms with van der Waals surface area (Å²) in [4.78, 5) is 14.6. The van der Waals surface area contributed by atoms with E-state index in [9.17, 15) is 4.79 Å². The number of morpholine rings is 1. The van der Waals surface area contributed by atoms with Crippen LogP contribution in [-0.4, -0.2) is 37.1 Å². The summed E-state index contributed by atoms with van der Waals surface area (Å²) in [6.45, 7) is 4.57. The third-order valence-electron chi connectivity index (χ3n) is 3.87. The van der Waals surface area contributed by atoms with Crippen molar-refractivity contribution in [1.82, 2.24) is 4.90 Å². The summed E-state index contributed by atoms with van der Waals surface area (Å²) in [5.41, 5.74) is 3.71. The Kier molecular flexibility index (Phi) is 4.39. The minimum atomic E-state index is 0.0555. The summed E-state index contributed by atoms with van der Waals surface area (Å²) in [6.07, 6.45) is 0. The zero-order valence-corrected chi connectivity index (χ0v) is 12.7. The van der Waals surface area contributed by atoms with Crippen LogP contribution in [0.25, 0.3) is 0 Å². The summed E-state index contributed by atoms with van der Waals surface area (Å²) in [7, 11) is 0. The first-order valence-corrected chi connectivity index (χ1v) is 7.54. The average molecular weight is 296 g/mol. The molecule has 1 N–H and O–H groups in total. The monoisotopic (exact) mass is 296 g/mol. The molecule has 0 aliphatic carbocycles. The third kappa shape index (κ3) is 3.12. The van der Waals surface area contributed by atoms with Crippen LogP contribution in [0.5, 0.6) is 0 Å². The predicted octanol–water partition coefficient (Wildman–Crippen LogP) is 3.21. The van der Waals surface area contributed by atoms with E-state index in [-0.39, 0.29) is 5.91 Å². The number of carbonyl (C=O) groups excluding carboxylic acids is 1. The van der Waals surface area contributed by atoms with Crippen LogP contribution in [0.2, 0.25) is 0 Å². The van der Waals surface area contributed by atoms with Gasteiger partial charge in [0.15, 0.2) is 0 Å². The number of carbonyl (C=O) groups is 1. The summed E-state index contributed by atoms with van der Waals surface area (Å²) < 4.78 is 5.32. The number of para-hydroxylation sites is 2. The Morgan fingerprint density at radius 1 is 1.00 bits per heavy atom. The highest BCUT2D eigenvalue weighted by molar-refractivity contribution is 6.00. The first kappa shape index (κ1) is 14.6. The van der Waals surface area contributed by atoms with Gasteiger partial charge in [-0.25, -0.2) is 0 Å². The molecule has 0 unspecified atom stereocenters. The maximum absolute atomic E-state index is 12.7. The zero-order chi connectivity index (χ0) is 15.4. The Balaban J connectivity index is 1.86. The molecule has 3 rings (SSSR count). The molecule has 114 valence electrons. The molecular formula is C18H20N2O2. The van der Waals surface area contributed by atoms with Gasteiger partial charge in [-0.05, 0) is 30.7 Å². The van der Waals surface area contributed by atoms with Gasteiger partial charge in [0.05, 0.1) is 24.5 Å². The van der Waals surface area contributed by atoms with Crippen molar-refractivity contribution < 1.29 is 9.53 Å². The smallest absolute Gasteiger partial charge is 0.256 e. The molecule has 1 amide bonds. The number of nitrogens with zero attached hydrogens (tertiary/aromatic N) is 1. The molecule has 4 heteroatoms. The second kappa shape index (κ2) is 6.62. The zero-order valence-electron chi connectivity index (χ0n) is 12.7. The minimum Gasteiger partial charge on any atom is -0.378 e. The molecule has 2 aromatic carbocycles. The Morgan fingerprint density at radius 3 is 2.36 bits per heavy atom. The highest BCUT2D eigenvalue weighted by Crippen LogP contribution is 2.24. The van der Waals surface area contributed by atoms with Gasteiger partial charge < -0.3 is 15.0 Å². The van der Waals surface area contributed by atoms with Gasteiger partial charge >= 0.3 is 0 Å². The Bertz CT molecular complexity index is 664. The Hall–Kier alpha value is -2.33. The summed E-state index contributed by atoms with van der Waals surface area (Å²) in [5, 5.41) is 3.38. The van der Waals surface area contributed by atoms with E-state index in [0.717, 1.165) is 16.9 Å². The summed E-state index contributed by atoms with van der Waals surface area (Å²) in [6, 6.07) is 15.7. The number of anilines is 2. The second-order valence-electron chi connectivity index (χ2n) is 5.39. The molecular weight excluding hydrogens is 276 g/mol. The van der Waals surface area contributed by atoms with Crippen LogP contribution in [-0.2, 0) is 4.74 Å². The van der Waals surface area contributed by atoms with Crippen molar-refractivity contribution in [1.29, 1.82) is 0 Å². The van der Waals surface area contributed by atoms with Crippen LogP contribution in [0.15, 0.2) is 48.5 Å². The molecule has 1 saturated heterocycles. The average Bonchev–Trinajstić information content (AvgIpc) is 2.58. The molecule has 0 bridgehead atoms. The van der Waals surface area contributed by atoms with Gasteiger partial charge in [-0.1, -0.05) is 30.3 Å². The van der Waals surface area contributed by atoms with Crippen molar-refractivity contribution in [2.24, 2.45) is 0 Å². The number of hydrogen-bond donors (Lipinski definition) is 1. The number of aryl methyl sites for hydroxylation is 1. The Morgan fingerprint density at radius 2 is 1.64 bits per heavy atom. The first-order valence-electron chi connectivity index (χ1n) is 7.54. The predicted molar refractivity (Wildman–Crippen MR) is 87.6 cm³/mol. The molecule has 4 nitrogen and oxygen atoms in total. The molecule has 2 aromatic rings. The number of rotatable bonds is 3. The molecule has 0 spiro atoms. The molecule has 0 aromatic heterocycles. The van der Waals surface area contributed by atoms with E-state index >= 15 is 0 Å². The number of ether oxygens (including phenoxy) is 1. The second-order valence-corrected chi connectivity index (χ2v) is 5.39. The van der Waals surface area contributed by atoms with Gasteiger partial charge in [0, 0.05) is 18.8 Å². The maximum Gasteiger partial charge on any atom is 0.256 e. The van der Waals surface area contributed by atoms with E-state index in [1.165, 1.54) is 0 Å². The molecule has 1 heterocycles. The van der Waals surface area contributed by atoms with Gasteiger partial charge in [0.25, 0.3) is 5.91 Å². The van der Waals surface area contributed by atoms with Gasteiger partial charge in [-0.15, -0.1) is 0 Å². The van der Waals surface area contributed by atoms with E-state index in [4.69, 9.17) is 4.74 Å². The summed E-state index contributed by atoms with van der Waals surface area (Å²) in [5.74, 6) is 0.0555. The van der Waals surface area contributed by atoms with Gasteiger partial charge in [0.2, 0.25) is 0 Å². The SMILES string of the molecule is Cc1ccccc1Nc1ccccc1C(=O)N1CCOCC1. The summed E-state index contributed by atoms with van der Waals surface area (Å²) >= 11 is 0. The van der Waals surface area contributed by atoms with Crippen molar-refractivity contribution >= 4 is 17.3 Å². The van der Waals surface area contributed by atoms with Crippen molar-refractivity contribution in [2.75, 3.05) is 31.6 Å². The normalized spacial score (nSPS) is 14.7. The lowest BCUT2D eigenvalue weighted by Gasteiger charge is -2.27. The van der Waals surface area contributed by atoms with Crippen LogP contribution in [0.4, 0.5) is 11.4 Å². The van der Waals surface area contributed by atoms with Crippen LogP contribution in [0.1, 0.15) is 15.9 Å². The topological polar surface area (TPSA) is 41.6 Å². The standard InChI is InChI=1S/C18H20N2O2/c1-14-6-2-4-8-16(14)19-17-9-5-3-7-15(17)18(21)20-10-12-22-13-11-20/h2-9,19H,10-13H2,1H3. The molecule has 1 aliphatic rings. The lowest BCUT2D eigenvalue weighted by molar-refractivity contribution is 0.0303. The van der Waals surface area contributed by atoms with E-state index < -0.39 is 0 Å². The van der Waals surface area contributed by atoms with Crippen molar-refractivity contribution in [3.63, 3.8) is 0 Å². The van der Waals surface area contributed by atoms with E-state index in [2.05, 4.69) is 18.3 Å². The van der Waals surface area contributed by atoms with Crippen LogP contribution in [0.3, 0.4) is 0 Å². The molecule has 22 heavy (non-hydrogen) atoms. The maximum atomic E-state index is 12.7. The van der Waals surface area contributed by atoms with Crippen molar-refractivity contribution in [2.45, 2.75) is 6.92 Å². The molecule has 0 atom stereocenters. The van der Waals surface area contributed by atoms with Crippen LogP contribution < -0.4 is 5.32 Å². The largest absolute Gasteiger partial charge is 0.378 e. The Labute approximate surface area is 130 Å². The van der Waals surface area contributed by atoms with Gasteiger partial charge in [0.1, 0.15) is 0 Å². The number of hydrogen-bond acceptors (Lipinski definition) is 3. The highest BCUT2D eigenvalue weighted by Gasteiger charge is 2.20. The molecule has 0 radical (unpaired) electrons. The molecule has 1 aliphatic heterocycles. The molecule has 0 saturated carbocycles. The molecule has 1 fully saturated rings. The van der Waals surface area contributed by atoms with Gasteiger partial charge in [-0.2, -0.15) is 0 Å². The first-order chi connectivity index (χ1) is 10.8. The lowest BCUT2D eigenvalue weighted by Crippen LogP contribution is -2.40. The fourth-order valence-electron chi connectivity index (χ4n) is 2.57. The fourth-order valence-corrected chi connectivity index (χ4v) is 2.57. The van der Waals surface area contributed by atoms with E-state index in [1.54, 1.807) is 0 Å². The van der Waals surface area contributed by atoms with Crippen molar-refractivity contribution in [3.05, 3.63) is 59.7 Å². The lowest BCUT2D eigenvalue weighted by atomic mass is 10.1. The quantitative estimate of drug-likeness (QED) is 0.945. The van der Waals surface area contributed by atoms with E-state index in [1.807, 2.05) is 47.4 Å². The van der Waals surface area contributed by atoms with Crippen LogP contribution in [0, 0.1) is 6.92 Å². The minimum absolute atomic E-state index is 0.0555. The van der Waals surface area contributed by atoms with Crippen molar-refractivity contribution in [3.8, 4) is 0 Å². The third-order valence-corrected chi connectivity index (χ3v) is 3.87.